The highest BCUT2D eigenvalue weighted by Gasteiger charge is 2.21. The van der Waals surface area contributed by atoms with Gasteiger partial charge in [0.15, 0.2) is 0 Å². The molecular weight excluding hydrogens is 258 g/mol. The van der Waals surface area contributed by atoms with Gasteiger partial charge in [0.2, 0.25) is 10.0 Å². The number of aliphatic carboxylic acids is 1. The number of carbonyl (C=O) groups is 2. The van der Waals surface area contributed by atoms with Crippen LogP contribution in [-0.2, 0) is 19.6 Å². The topological polar surface area (TPSA) is 101 Å². The molecule has 0 saturated carbocycles. The van der Waals surface area contributed by atoms with Gasteiger partial charge in [-0.2, -0.15) is 0 Å². The Balaban J connectivity index is 2.94. The maximum atomic E-state index is 11.9. The standard InChI is InChI=1S/C11H13NO5S/c1-8-3-2-4-10(5-8)18(16,17)12-9(7-13)6-11(14)15/h2-5,7,9,12H,6H2,1H3,(H,14,15). The molecule has 2 N–H and O–H groups in total. The largest absolute Gasteiger partial charge is 0.481 e. The van der Waals surface area contributed by atoms with Crippen LogP contribution >= 0.6 is 0 Å². The lowest BCUT2D eigenvalue weighted by atomic mass is 10.2. The van der Waals surface area contributed by atoms with Gasteiger partial charge >= 0.3 is 5.97 Å². The lowest BCUT2D eigenvalue weighted by Crippen LogP contribution is -2.37. The molecule has 0 aromatic heterocycles. The van der Waals surface area contributed by atoms with Gasteiger partial charge in [0, 0.05) is 0 Å². The Bertz CT molecular complexity index is 552. The third-order valence-electron chi connectivity index (χ3n) is 2.17. The van der Waals surface area contributed by atoms with Crippen LogP contribution in [0, 0.1) is 6.92 Å². The van der Waals surface area contributed by atoms with E-state index in [9.17, 15) is 18.0 Å². The first-order valence-corrected chi connectivity index (χ1v) is 6.59. The lowest BCUT2D eigenvalue weighted by Gasteiger charge is -2.11. The molecule has 7 heteroatoms. The number of benzene rings is 1. The minimum atomic E-state index is -3.88. The highest BCUT2D eigenvalue weighted by molar-refractivity contribution is 7.89. The molecule has 6 nitrogen and oxygen atoms in total. The van der Waals surface area contributed by atoms with Crippen LogP contribution in [0.15, 0.2) is 29.2 Å². The number of nitrogens with one attached hydrogen (secondary N) is 1. The molecule has 18 heavy (non-hydrogen) atoms. The number of carbonyl (C=O) groups excluding carboxylic acids is 1. The number of carboxylic acids is 1. The van der Waals surface area contributed by atoms with E-state index in [0.29, 0.717) is 0 Å². The van der Waals surface area contributed by atoms with E-state index in [4.69, 9.17) is 5.11 Å². The summed E-state index contributed by atoms with van der Waals surface area (Å²) < 4.78 is 25.8. The molecule has 0 aliphatic heterocycles. The van der Waals surface area contributed by atoms with Gasteiger partial charge in [0.1, 0.15) is 6.29 Å². The van der Waals surface area contributed by atoms with E-state index in [2.05, 4.69) is 0 Å². The van der Waals surface area contributed by atoms with Crippen LogP contribution in [0.5, 0.6) is 0 Å². The van der Waals surface area contributed by atoms with Crippen molar-refractivity contribution in [1.29, 1.82) is 0 Å². The van der Waals surface area contributed by atoms with Crippen LogP contribution in [0.2, 0.25) is 0 Å². The maximum Gasteiger partial charge on any atom is 0.305 e. The van der Waals surface area contributed by atoms with Gasteiger partial charge in [-0.25, -0.2) is 13.1 Å². The second kappa shape index (κ2) is 5.74. The van der Waals surface area contributed by atoms with Crippen LogP contribution in [0.25, 0.3) is 0 Å². The zero-order valence-corrected chi connectivity index (χ0v) is 10.5. The molecule has 0 fully saturated rings. The summed E-state index contributed by atoms with van der Waals surface area (Å²) in [5, 5.41) is 8.53. The third-order valence-corrected chi connectivity index (χ3v) is 3.65. The molecule has 0 heterocycles. The average molecular weight is 271 g/mol. The van der Waals surface area contributed by atoms with Crippen molar-refractivity contribution in [3.8, 4) is 0 Å². The highest BCUT2D eigenvalue weighted by Crippen LogP contribution is 2.11. The van der Waals surface area contributed by atoms with Gasteiger partial charge in [-0.15, -0.1) is 0 Å². The molecule has 1 aromatic carbocycles. The molecule has 1 rings (SSSR count). The van der Waals surface area contributed by atoms with Crippen molar-refractivity contribution >= 4 is 22.3 Å². The maximum absolute atomic E-state index is 11.9. The number of sulfonamides is 1. The van der Waals surface area contributed by atoms with Crippen molar-refractivity contribution in [3.05, 3.63) is 29.8 Å². The summed E-state index contributed by atoms with van der Waals surface area (Å²) in [5.74, 6) is -1.25. The van der Waals surface area contributed by atoms with Gasteiger partial charge in [-0.05, 0) is 24.6 Å². The predicted molar refractivity (Wildman–Crippen MR) is 63.6 cm³/mol. The van der Waals surface area contributed by atoms with Gasteiger partial charge in [-0.1, -0.05) is 12.1 Å². The molecule has 0 radical (unpaired) electrons. The van der Waals surface area contributed by atoms with Gasteiger partial charge < -0.3 is 9.90 Å². The summed E-state index contributed by atoms with van der Waals surface area (Å²) in [4.78, 5) is 21.1. The quantitative estimate of drug-likeness (QED) is 0.725. The van der Waals surface area contributed by atoms with E-state index in [1.165, 1.54) is 12.1 Å². The minimum Gasteiger partial charge on any atom is -0.481 e. The van der Waals surface area contributed by atoms with E-state index in [-0.39, 0.29) is 11.2 Å². The first kappa shape index (κ1) is 14.3. The SMILES string of the molecule is Cc1cccc(S(=O)(=O)NC(C=O)CC(=O)O)c1. The second-order valence-electron chi connectivity index (χ2n) is 3.78. The van der Waals surface area contributed by atoms with E-state index in [1.807, 2.05) is 4.72 Å². The van der Waals surface area contributed by atoms with Crippen LogP contribution in [-0.4, -0.2) is 31.8 Å². The molecule has 0 amide bonds. The Labute approximate surface area is 105 Å². The number of hydrogen-bond donors (Lipinski definition) is 2. The molecule has 1 aromatic rings. The molecule has 98 valence electrons. The number of carboxylic acid groups (broad SMARTS) is 1. The van der Waals surface area contributed by atoms with Crippen LogP contribution in [0.3, 0.4) is 0 Å². The van der Waals surface area contributed by atoms with Crippen molar-refractivity contribution in [1.82, 2.24) is 4.72 Å². The first-order chi connectivity index (χ1) is 8.35. The zero-order chi connectivity index (χ0) is 13.8. The van der Waals surface area contributed by atoms with Gasteiger partial charge in [0.05, 0.1) is 17.4 Å². The number of hydrogen-bond acceptors (Lipinski definition) is 4. The minimum absolute atomic E-state index is 0.000242. The van der Waals surface area contributed by atoms with Gasteiger partial charge in [-0.3, -0.25) is 4.79 Å². The predicted octanol–water partition coefficient (Wildman–Crippen LogP) is 0.316. The van der Waals surface area contributed by atoms with Crippen LogP contribution in [0.4, 0.5) is 0 Å². The van der Waals surface area contributed by atoms with Crippen molar-refractivity contribution < 1.29 is 23.1 Å². The molecule has 0 saturated heterocycles. The zero-order valence-electron chi connectivity index (χ0n) is 9.66. The van der Waals surface area contributed by atoms with Crippen LogP contribution < -0.4 is 4.72 Å². The van der Waals surface area contributed by atoms with Gasteiger partial charge in [0.25, 0.3) is 0 Å². The van der Waals surface area contributed by atoms with E-state index >= 15 is 0 Å². The Morgan fingerprint density at radius 3 is 2.67 bits per heavy atom. The number of aryl methyl sites for hydroxylation is 1. The molecular formula is C11H13NO5S. The summed E-state index contributed by atoms with van der Waals surface area (Å²) in [6.45, 7) is 1.73. The fourth-order valence-corrected chi connectivity index (χ4v) is 2.63. The van der Waals surface area contributed by atoms with E-state index in [1.54, 1.807) is 19.1 Å². The van der Waals surface area contributed by atoms with E-state index < -0.39 is 28.5 Å². The Hall–Kier alpha value is -1.73. The number of rotatable bonds is 6. The lowest BCUT2D eigenvalue weighted by molar-refractivity contribution is -0.138. The molecule has 0 aliphatic rings. The molecule has 0 aliphatic carbocycles. The Morgan fingerprint density at radius 1 is 1.50 bits per heavy atom. The second-order valence-corrected chi connectivity index (χ2v) is 5.49. The molecule has 0 spiro atoms. The van der Waals surface area contributed by atoms with Crippen molar-refractivity contribution in [2.45, 2.75) is 24.3 Å². The fourth-order valence-electron chi connectivity index (χ4n) is 1.36. The first-order valence-electron chi connectivity index (χ1n) is 5.11. The molecule has 0 bridgehead atoms. The van der Waals surface area contributed by atoms with E-state index in [0.717, 1.165) is 5.56 Å². The Kier molecular flexibility index (Phi) is 4.57. The average Bonchev–Trinajstić information content (AvgIpc) is 2.27. The van der Waals surface area contributed by atoms with Crippen molar-refractivity contribution in [2.75, 3.05) is 0 Å². The normalized spacial score (nSPS) is 12.9. The van der Waals surface area contributed by atoms with Crippen LogP contribution in [0.1, 0.15) is 12.0 Å². The fraction of sp³-hybridized carbons (Fsp3) is 0.273. The monoisotopic (exact) mass is 271 g/mol. The molecule has 1 atom stereocenters. The van der Waals surface area contributed by atoms with Crippen molar-refractivity contribution in [2.24, 2.45) is 0 Å². The summed E-state index contributed by atoms with van der Waals surface area (Å²) in [5.41, 5.74) is 0.749. The third kappa shape index (κ3) is 3.94. The summed E-state index contributed by atoms with van der Waals surface area (Å²) in [7, 11) is -3.88. The van der Waals surface area contributed by atoms with Crippen molar-refractivity contribution in [3.63, 3.8) is 0 Å². The highest BCUT2D eigenvalue weighted by atomic mass is 32.2. The molecule has 1 unspecified atom stereocenters. The number of aldehydes is 1. The summed E-state index contributed by atoms with van der Waals surface area (Å²) in [6, 6.07) is 4.83. The smallest absolute Gasteiger partial charge is 0.305 e. The summed E-state index contributed by atoms with van der Waals surface area (Å²) >= 11 is 0. The Morgan fingerprint density at radius 2 is 2.17 bits per heavy atom. The summed E-state index contributed by atoms with van der Waals surface area (Å²) in [6.07, 6.45) is -0.323.